The lowest BCUT2D eigenvalue weighted by Gasteiger charge is -2.28. The first-order valence-electron chi connectivity index (χ1n) is 6.69. The third-order valence-electron chi connectivity index (χ3n) is 3.65. The Labute approximate surface area is 125 Å². The molecule has 0 aliphatic rings. The first kappa shape index (κ1) is 15.2. The van der Waals surface area contributed by atoms with Gasteiger partial charge in [0.05, 0.1) is 26.9 Å². The van der Waals surface area contributed by atoms with E-state index in [1.165, 1.54) is 0 Å². The number of methoxy groups -OCH3 is 3. The maximum atomic E-state index is 6.57. The van der Waals surface area contributed by atoms with Crippen molar-refractivity contribution >= 4 is 0 Å². The van der Waals surface area contributed by atoms with Gasteiger partial charge in [-0.15, -0.1) is 0 Å². The molecule has 0 heterocycles. The molecule has 4 heteroatoms. The van der Waals surface area contributed by atoms with Crippen LogP contribution in [0.25, 0.3) is 0 Å². The number of benzene rings is 2. The zero-order valence-corrected chi connectivity index (χ0v) is 12.8. The lowest BCUT2D eigenvalue weighted by molar-refractivity contribution is 0.353. The molecule has 0 fully saturated rings. The first-order valence-corrected chi connectivity index (χ1v) is 6.69. The van der Waals surface area contributed by atoms with Crippen LogP contribution in [0.1, 0.15) is 18.1 Å². The van der Waals surface area contributed by atoms with Crippen LogP contribution < -0.4 is 19.9 Å². The van der Waals surface area contributed by atoms with Crippen LogP contribution >= 0.6 is 0 Å². The summed E-state index contributed by atoms with van der Waals surface area (Å²) in [7, 11) is 4.86. The lowest BCUT2D eigenvalue weighted by Crippen LogP contribution is -2.34. The Morgan fingerprint density at radius 3 is 2.05 bits per heavy atom. The summed E-state index contributed by atoms with van der Waals surface area (Å²) in [6, 6.07) is 13.4. The van der Waals surface area contributed by atoms with Crippen molar-refractivity contribution in [2.45, 2.75) is 12.5 Å². The standard InChI is InChI=1S/C17H21NO3/c1-17(18,13-7-5-6-8-14(13)19-2)12-9-10-15(20-3)16(11-12)21-4/h5-11H,18H2,1-4H3. The lowest BCUT2D eigenvalue weighted by atomic mass is 9.85. The van der Waals surface area contributed by atoms with Crippen LogP contribution in [0.4, 0.5) is 0 Å². The van der Waals surface area contributed by atoms with E-state index in [2.05, 4.69) is 0 Å². The Morgan fingerprint density at radius 2 is 1.43 bits per heavy atom. The zero-order valence-electron chi connectivity index (χ0n) is 12.8. The van der Waals surface area contributed by atoms with Crippen LogP contribution in [0.5, 0.6) is 17.2 Å². The SMILES string of the molecule is COc1ccc(C(C)(N)c2ccccc2OC)cc1OC. The molecule has 0 bridgehead atoms. The summed E-state index contributed by atoms with van der Waals surface area (Å²) in [4.78, 5) is 0. The highest BCUT2D eigenvalue weighted by Crippen LogP contribution is 2.37. The monoisotopic (exact) mass is 287 g/mol. The van der Waals surface area contributed by atoms with Crippen molar-refractivity contribution in [2.75, 3.05) is 21.3 Å². The molecule has 0 saturated heterocycles. The summed E-state index contributed by atoms with van der Waals surface area (Å²) >= 11 is 0. The van der Waals surface area contributed by atoms with Crippen LogP contribution in [-0.2, 0) is 5.54 Å². The molecule has 0 saturated carbocycles. The number of hydrogen-bond acceptors (Lipinski definition) is 4. The van der Waals surface area contributed by atoms with Crippen molar-refractivity contribution in [1.29, 1.82) is 0 Å². The van der Waals surface area contributed by atoms with Crippen LogP contribution in [0.2, 0.25) is 0 Å². The fourth-order valence-corrected chi connectivity index (χ4v) is 2.39. The maximum Gasteiger partial charge on any atom is 0.161 e. The molecular weight excluding hydrogens is 266 g/mol. The molecule has 2 aromatic carbocycles. The highest BCUT2D eigenvalue weighted by atomic mass is 16.5. The molecule has 0 radical (unpaired) electrons. The van der Waals surface area contributed by atoms with Crippen LogP contribution in [0, 0.1) is 0 Å². The summed E-state index contributed by atoms with van der Waals surface area (Å²) in [5, 5.41) is 0. The minimum Gasteiger partial charge on any atom is -0.496 e. The van der Waals surface area contributed by atoms with E-state index in [1.54, 1.807) is 21.3 Å². The van der Waals surface area contributed by atoms with Gasteiger partial charge in [0.1, 0.15) is 5.75 Å². The van der Waals surface area contributed by atoms with E-state index in [4.69, 9.17) is 19.9 Å². The van der Waals surface area contributed by atoms with Gasteiger partial charge in [-0.2, -0.15) is 0 Å². The quantitative estimate of drug-likeness (QED) is 0.918. The fourth-order valence-electron chi connectivity index (χ4n) is 2.39. The van der Waals surface area contributed by atoms with Gasteiger partial charge in [-0.25, -0.2) is 0 Å². The van der Waals surface area contributed by atoms with Gasteiger partial charge in [0.2, 0.25) is 0 Å². The molecule has 2 rings (SSSR count). The Bertz CT molecular complexity index is 623. The molecule has 0 spiro atoms. The minimum atomic E-state index is -0.702. The number of nitrogens with two attached hydrogens (primary N) is 1. The van der Waals surface area contributed by atoms with Crippen molar-refractivity contribution in [3.63, 3.8) is 0 Å². The molecule has 4 nitrogen and oxygen atoms in total. The van der Waals surface area contributed by atoms with Crippen LogP contribution in [0.15, 0.2) is 42.5 Å². The Balaban J connectivity index is 2.53. The Kier molecular flexibility index (Phi) is 4.38. The average Bonchev–Trinajstić information content (AvgIpc) is 2.53. The van der Waals surface area contributed by atoms with Crippen LogP contribution in [-0.4, -0.2) is 21.3 Å². The third-order valence-corrected chi connectivity index (χ3v) is 3.65. The van der Waals surface area contributed by atoms with Crippen LogP contribution in [0.3, 0.4) is 0 Å². The highest BCUT2D eigenvalue weighted by molar-refractivity contribution is 5.50. The third kappa shape index (κ3) is 2.81. The van der Waals surface area contributed by atoms with Crippen molar-refractivity contribution in [1.82, 2.24) is 0 Å². The zero-order chi connectivity index (χ0) is 15.5. The molecule has 0 aliphatic carbocycles. The van der Waals surface area contributed by atoms with Gasteiger partial charge in [0.15, 0.2) is 11.5 Å². The van der Waals surface area contributed by atoms with E-state index in [-0.39, 0.29) is 0 Å². The number of ether oxygens (including phenoxy) is 3. The summed E-state index contributed by atoms with van der Waals surface area (Å²) in [6.07, 6.45) is 0. The van der Waals surface area contributed by atoms with E-state index in [0.717, 1.165) is 16.9 Å². The topological polar surface area (TPSA) is 53.7 Å². The van der Waals surface area contributed by atoms with E-state index in [1.807, 2.05) is 49.4 Å². The average molecular weight is 287 g/mol. The predicted molar refractivity (Wildman–Crippen MR) is 83.2 cm³/mol. The Hall–Kier alpha value is -2.20. The molecule has 1 unspecified atom stereocenters. The molecule has 0 aromatic heterocycles. The van der Waals surface area contributed by atoms with Gasteiger partial charge >= 0.3 is 0 Å². The summed E-state index contributed by atoms with van der Waals surface area (Å²) in [5.74, 6) is 2.09. The molecular formula is C17H21NO3. The van der Waals surface area contributed by atoms with Crippen molar-refractivity contribution < 1.29 is 14.2 Å². The Morgan fingerprint density at radius 1 is 0.810 bits per heavy atom. The second-order valence-corrected chi connectivity index (χ2v) is 4.97. The largest absolute Gasteiger partial charge is 0.496 e. The number of para-hydroxylation sites is 1. The second kappa shape index (κ2) is 6.06. The molecule has 0 aliphatic heterocycles. The fraction of sp³-hybridized carbons (Fsp3) is 0.294. The second-order valence-electron chi connectivity index (χ2n) is 4.97. The number of rotatable bonds is 5. The molecule has 2 aromatic rings. The van der Waals surface area contributed by atoms with Gasteiger partial charge in [0.25, 0.3) is 0 Å². The van der Waals surface area contributed by atoms with E-state index in [9.17, 15) is 0 Å². The molecule has 1 atom stereocenters. The van der Waals surface area contributed by atoms with Gasteiger partial charge in [-0.3, -0.25) is 0 Å². The minimum absolute atomic E-state index is 0.654. The predicted octanol–water partition coefficient (Wildman–Crippen LogP) is 2.93. The molecule has 0 amide bonds. The molecule has 21 heavy (non-hydrogen) atoms. The van der Waals surface area contributed by atoms with E-state index in [0.29, 0.717) is 11.5 Å². The number of hydrogen-bond donors (Lipinski definition) is 1. The summed E-state index contributed by atoms with van der Waals surface area (Å²) in [5.41, 5.74) is 7.71. The van der Waals surface area contributed by atoms with Crippen molar-refractivity contribution in [3.05, 3.63) is 53.6 Å². The van der Waals surface area contributed by atoms with E-state index >= 15 is 0 Å². The molecule has 2 N–H and O–H groups in total. The van der Waals surface area contributed by atoms with Gasteiger partial charge < -0.3 is 19.9 Å². The summed E-state index contributed by atoms with van der Waals surface area (Å²) in [6.45, 7) is 1.95. The van der Waals surface area contributed by atoms with Gasteiger partial charge in [0, 0.05) is 5.56 Å². The van der Waals surface area contributed by atoms with E-state index < -0.39 is 5.54 Å². The van der Waals surface area contributed by atoms with Gasteiger partial charge in [-0.1, -0.05) is 24.3 Å². The highest BCUT2D eigenvalue weighted by Gasteiger charge is 2.28. The summed E-state index contributed by atoms with van der Waals surface area (Å²) < 4.78 is 16.0. The van der Waals surface area contributed by atoms with Crippen molar-refractivity contribution in [3.8, 4) is 17.2 Å². The van der Waals surface area contributed by atoms with Crippen molar-refractivity contribution in [2.24, 2.45) is 5.73 Å². The maximum absolute atomic E-state index is 6.57. The normalized spacial score (nSPS) is 13.4. The van der Waals surface area contributed by atoms with Gasteiger partial charge in [-0.05, 0) is 30.7 Å². The molecule has 112 valence electrons. The first-order chi connectivity index (χ1) is 10.0. The smallest absolute Gasteiger partial charge is 0.161 e.